The van der Waals surface area contributed by atoms with Gasteiger partial charge in [-0.3, -0.25) is 0 Å². The van der Waals surface area contributed by atoms with Gasteiger partial charge in [-0.1, -0.05) is 15.9 Å². The van der Waals surface area contributed by atoms with E-state index in [0.29, 0.717) is 27.9 Å². The number of hydrogen-bond donors (Lipinski definition) is 1. The Hall–Kier alpha value is -2.39. The molecule has 0 bridgehead atoms. The van der Waals surface area contributed by atoms with Gasteiger partial charge in [0.15, 0.2) is 17.3 Å². The Morgan fingerprint density at radius 1 is 1.38 bits per heavy atom. The minimum absolute atomic E-state index is 0.346. The number of benzene rings is 1. The molecule has 0 saturated carbocycles. The number of halogens is 1. The average Bonchev–Trinajstić information content (AvgIpc) is 3.21. The molecule has 1 aromatic carbocycles. The van der Waals surface area contributed by atoms with Crippen molar-refractivity contribution in [2.75, 3.05) is 14.2 Å². The Bertz CT molecular complexity index is 931. The summed E-state index contributed by atoms with van der Waals surface area (Å²) in [6, 6.07) is 7.22. The van der Waals surface area contributed by atoms with Crippen molar-refractivity contribution in [2.45, 2.75) is 0 Å². The van der Waals surface area contributed by atoms with Crippen molar-refractivity contribution in [1.29, 1.82) is 0 Å². The fraction of sp³-hybridized carbons (Fsp3) is 0.133. The van der Waals surface area contributed by atoms with Gasteiger partial charge < -0.3 is 13.9 Å². The fourth-order valence-electron chi connectivity index (χ4n) is 2.14. The molecule has 2 heterocycles. The maximum atomic E-state index is 5.41. The summed E-state index contributed by atoms with van der Waals surface area (Å²) >= 11 is 8.66. The Morgan fingerprint density at radius 2 is 2.21 bits per heavy atom. The van der Waals surface area contributed by atoms with Crippen LogP contribution in [0, 0.1) is 4.77 Å². The van der Waals surface area contributed by atoms with Crippen LogP contribution in [-0.4, -0.2) is 35.3 Å². The maximum absolute atomic E-state index is 5.41. The number of aromatic nitrogens is 3. The molecule has 0 radical (unpaired) electrons. The van der Waals surface area contributed by atoms with E-state index in [4.69, 9.17) is 26.1 Å². The minimum Gasteiger partial charge on any atom is -0.493 e. The first-order valence-electron chi connectivity index (χ1n) is 6.81. The molecule has 0 aliphatic rings. The predicted molar refractivity (Wildman–Crippen MR) is 95.4 cm³/mol. The molecule has 0 aliphatic carbocycles. The molecule has 2 aromatic heterocycles. The van der Waals surface area contributed by atoms with E-state index < -0.39 is 0 Å². The Labute approximate surface area is 151 Å². The number of nitrogens with one attached hydrogen (secondary N) is 1. The third-order valence-corrected chi connectivity index (χ3v) is 3.90. The van der Waals surface area contributed by atoms with Crippen molar-refractivity contribution in [1.82, 2.24) is 14.9 Å². The molecule has 0 aliphatic heterocycles. The predicted octanol–water partition coefficient (Wildman–Crippen LogP) is 3.86. The molecule has 0 saturated heterocycles. The van der Waals surface area contributed by atoms with Crippen molar-refractivity contribution in [3.05, 3.63) is 45.3 Å². The summed E-state index contributed by atoms with van der Waals surface area (Å²) in [4.78, 5) is 0. The van der Waals surface area contributed by atoms with Gasteiger partial charge in [-0.05, 0) is 36.5 Å². The van der Waals surface area contributed by atoms with Gasteiger partial charge >= 0.3 is 0 Å². The largest absolute Gasteiger partial charge is 0.493 e. The van der Waals surface area contributed by atoms with Crippen LogP contribution in [0.1, 0.15) is 5.56 Å². The normalized spacial score (nSPS) is 11.1. The molecular formula is C15H13BrN4O3S. The van der Waals surface area contributed by atoms with Crippen LogP contribution >= 0.6 is 28.1 Å². The van der Waals surface area contributed by atoms with E-state index in [1.807, 2.05) is 12.1 Å². The first-order valence-corrected chi connectivity index (χ1v) is 8.01. The maximum Gasteiger partial charge on any atom is 0.219 e. The monoisotopic (exact) mass is 408 g/mol. The second kappa shape index (κ2) is 7.02. The summed E-state index contributed by atoms with van der Waals surface area (Å²) in [5, 5.41) is 11.2. The lowest BCUT2D eigenvalue weighted by Crippen LogP contribution is -1.98. The zero-order chi connectivity index (χ0) is 17.1. The van der Waals surface area contributed by atoms with Crippen molar-refractivity contribution < 1.29 is 13.9 Å². The van der Waals surface area contributed by atoms with Crippen molar-refractivity contribution in [3.8, 4) is 23.1 Å². The SMILES string of the molecule is COc1cc(Br)cc(/C=N\n2c(-c3ccco3)n[nH]c2=S)c1OC. The van der Waals surface area contributed by atoms with Crippen LogP contribution in [0.5, 0.6) is 11.5 Å². The van der Waals surface area contributed by atoms with E-state index in [1.54, 1.807) is 38.8 Å². The van der Waals surface area contributed by atoms with Gasteiger partial charge in [0.05, 0.1) is 26.7 Å². The number of furan rings is 1. The third kappa shape index (κ3) is 3.13. The summed E-state index contributed by atoms with van der Waals surface area (Å²) < 4.78 is 18.7. The zero-order valence-corrected chi connectivity index (χ0v) is 15.2. The first kappa shape index (κ1) is 16.5. The lowest BCUT2D eigenvalue weighted by molar-refractivity contribution is 0.354. The molecule has 3 aromatic rings. The smallest absolute Gasteiger partial charge is 0.219 e. The third-order valence-electron chi connectivity index (χ3n) is 3.18. The van der Waals surface area contributed by atoms with Gasteiger partial charge in [0.2, 0.25) is 10.6 Å². The first-order chi connectivity index (χ1) is 11.6. The number of nitrogens with zero attached hydrogens (tertiary/aromatic N) is 3. The van der Waals surface area contributed by atoms with Crippen molar-refractivity contribution >= 4 is 34.4 Å². The number of methoxy groups -OCH3 is 2. The van der Waals surface area contributed by atoms with Gasteiger partial charge in [0, 0.05) is 10.0 Å². The quantitative estimate of drug-likeness (QED) is 0.512. The molecule has 1 N–H and O–H groups in total. The van der Waals surface area contributed by atoms with Crippen LogP contribution in [0.3, 0.4) is 0 Å². The molecular weight excluding hydrogens is 396 g/mol. The van der Waals surface area contributed by atoms with Gasteiger partial charge in [0.1, 0.15) is 0 Å². The number of hydrogen-bond acceptors (Lipinski definition) is 6. The Balaban J connectivity index is 2.06. The molecule has 24 heavy (non-hydrogen) atoms. The minimum atomic E-state index is 0.346. The van der Waals surface area contributed by atoms with E-state index in [2.05, 4.69) is 31.2 Å². The van der Waals surface area contributed by atoms with Crippen LogP contribution in [0.15, 0.2) is 44.5 Å². The van der Waals surface area contributed by atoms with E-state index in [0.717, 1.165) is 10.0 Å². The van der Waals surface area contributed by atoms with Crippen LogP contribution in [0.4, 0.5) is 0 Å². The highest BCUT2D eigenvalue weighted by atomic mass is 79.9. The fourth-order valence-corrected chi connectivity index (χ4v) is 2.77. The standard InChI is InChI=1S/C15H13BrN4O3S/c1-21-12-7-10(16)6-9(13(12)22-2)8-17-20-14(18-19-15(20)24)11-4-3-5-23-11/h3-8H,1-2H3,(H,19,24)/b17-8-. The van der Waals surface area contributed by atoms with E-state index in [1.165, 1.54) is 4.68 Å². The van der Waals surface area contributed by atoms with Gasteiger partial charge in [-0.15, -0.1) is 5.10 Å². The Kier molecular flexibility index (Phi) is 4.81. The molecule has 0 spiro atoms. The van der Waals surface area contributed by atoms with Crippen LogP contribution in [-0.2, 0) is 0 Å². The van der Waals surface area contributed by atoms with Crippen LogP contribution < -0.4 is 9.47 Å². The average molecular weight is 409 g/mol. The van der Waals surface area contributed by atoms with Gasteiger partial charge in [-0.2, -0.15) is 9.78 Å². The molecule has 0 atom stereocenters. The molecule has 0 unspecified atom stereocenters. The summed E-state index contributed by atoms with van der Waals surface area (Å²) in [5.74, 6) is 2.19. The number of H-pyrrole nitrogens is 1. The molecule has 3 rings (SSSR count). The summed E-state index contributed by atoms with van der Waals surface area (Å²) in [6.45, 7) is 0. The van der Waals surface area contributed by atoms with Crippen molar-refractivity contribution in [3.63, 3.8) is 0 Å². The molecule has 9 heteroatoms. The number of ether oxygens (including phenoxy) is 2. The van der Waals surface area contributed by atoms with Crippen LogP contribution in [0.25, 0.3) is 11.6 Å². The molecule has 7 nitrogen and oxygen atoms in total. The molecule has 124 valence electrons. The van der Waals surface area contributed by atoms with E-state index >= 15 is 0 Å². The highest BCUT2D eigenvalue weighted by Gasteiger charge is 2.13. The van der Waals surface area contributed by atoms with E-state index in [9.17, 15) is 0 Å². The lowest BCUT2D eigenvalue weighted by atomic mass is 10.2. The molecule has 0 fully saturated rings. The topological polar surface area (TPSA) is 77.6 Å². The second-order valence-corrected chi connectivity index (χ2v) is 5.92. The summed E-state index contributed by atoms with van der Waals surface area (Å²) in [7, 11) is 3.15. The lowest BCUT2D eigenvalue weighted by Gasteiger charge is -2.10. The highest BCUT2D eigenvalue weighted by Crippen LogP contribution is 2.33. The number of rotatable bonds is 5. The summed E-state index contributed by atoms with van der Waals surface area (Å²) in [5.41, 5.74) is 0.720. The van der Waals surface area contributed by atoms with Gasteiger partial charge in [0.25, 0.3) is 0 Å². The van der Waals surface area contributed by atoms with Gasteiger partial charge in [-0.25, -0.2) is 5.10 Å². The zero-order valence-electron chi connectivity index (χ0n) is 12.8. The summed E-state index contributed by atoms with van der Waals surface area (Å²) in [6.07, 6.45) is 3.17. The van der Waals surface area contributed by atoms with Crippen molar-refractivity contribution in [2.24, 2.45) is 5.10 Å². The second-order valence-electron chi connectivity index (χ2n) is 4.62. The van der Waals surface area contributed by atoms with E-state index in [-0.39, 0.29) is 0 Å². The Morgan fingerprint density at radius 3 is 2.88 bits per heavy atom. The molecule has 0 amide bonds. The van der Waals surface area contributed by atoms with Crippen LogP contribution in [0.2, 0.25) is 0 Å². The highest BCUT2D eigenvalue weighted by molar-refractivity contribution is 9.10. The number of aromatic amines is 1.